The normalized spacial score (nSPS) is 12.1. The lowest BCUT2D eigenvalue weighted by molar-refractivity contribution is 0.562. The maximum absolute atomic E-state index is 7.50. The molecule has 0 unspecified atom stereocenters. The van der Waals surface area contributed by atoms with Crippen LogP contribution in [-0.4, -0.2) is 5.84 Å². The first-order chi connectivity index (χ1) is 8.11. The van der Waals surface area contributed by atoms with E-state index in [1.807, 2.05) is 0 Å². The molecular weight excluding hydrogens is 264 g/mol. The van der Waals surface area contributed by atoms with Gasteiger partial charge in [0.15, 0.2) is 0 Å². The van der Waals surface area contributed by atoms with Gasteiger partial charge in [-0.05, 0) is 35.4 Å². The molecule has 1 heterocycles. The molecule has 2 aromatic rings. The van der Waals surface area contributed by atoms with Crippen molar-refractivity contribution in [1.29, 1.82) is 5.41 Å². The van der Waals surface area contributed by atoms with Crippen LogP contribution in [-0.2, 0) is 6.42 Å². The van der Waals surface area contributed by atoms with E-state index >= 15 is 0 Å². The van der Waals surface area contributed by atoms with Crippen LogP contribution in [0.4, 0.5) is 0 Å². The second kappa shape index (κ2) is 6.21. The van der Waals surface area contributed by atoms with Crippen LogP contribution in [0, 0.1) is 11.3 Å². The first-order valence-corrected chi connectivity index (χ1v) is 6.79. The number of fused-ring (bicyclic) bond motifs is 1. The van der Waals surface area contributed by atoms with Gasteiger partial charge >= 0.3 is 0 Å². The minimum absolute atomic E-state index is 0. The fourth-order valence-corrected chi connectivity index (χ4v) is 2.92. The molecule has 0 aliphatic heterocycles. The SMILES string of the molecule is CC[C@@H](C)Cc1cccc2sc(C(=N)N)cc12.Cl. The molecule has 1 aromatic heterocycles. The molecule has 0 fully saturated rings. The summed E-state index contributed by atoms with van der Waals surface area (Å²) in [6.07, 6.45) is 2.29. The molecule has 0 spiro atoms. The molecule has 4 heteroatoms. The lowest BCUT2D eigenvalue weighted by Crippen LogP contribution is -2.08. The summed E-state index contributed by atoms with van der Waals surface area (Å²) in [5.41, 5.74) is 6.92. The molecule has 0 aliphatic rings. The van der Waals surface area contributed by atoms with Gasteiger partial charge < -0.3 is 5.73 Å². The highest BCUT2D eigenvalue weighted by Crippen LogP contribution is 2.29. The monoisotopic (exact) mass is 282 g/mol. The van der Waals surface area contributed by atoms with Crippen LogP contribution in [0.1, 0.15) is 30.7 Å². The molecule has 3 N–H and O–H groups in total. The molecule has 1 atom stereocenters. The average Bonchev–Trinajstić information content (AvgIpc) is 2.74. The Kier molecular flexibility index (Phi) is 5.17. The summed E-state index contributed by atoms with van der Waals surface area (Å²) in [5.74, 6) is 0.863. The van der Waals surface area contributed by atoms with E-state index in [0.29, 0.717) is 5.92 Å². The van der Waals surface area contributed by atoms with Gasteiger partial charge in [-0.2, -0.15) is 0 Å². The van der Waals surface area contributed by atoms with Crippen molar-refractivity contribution in [3.63, 3.8) is 0 Å². The molecule has 0 saturated carbocycles. The Bertz CT molecular complexity index is 548. The van der Waals surface area contributed by atoms with Gasteiger partial charge in [-0.1, -0.05) is 32.4 Å². The van der Waals surface area contributed by atoms with Crippen molar-refractivity contribution in [3.05, 3.63) is 34.7 Å². The van der Waals surface area contributed by atoms with Gasteiger partial charge in [-0.3, -0.25) is 5.41 Å². The van der Waals surface area contributed by atoms with Gasteiger partial charge in [0, 0.05) is 4.70 Å². The number of rotatable bonds is 4. The van der Waals surface area contributed by atoms with E-state index in [9.17, 15) is 0 Å². The lowest BCUT2D eigenvalue weighted by atomic mass is 9.96. The van der Waals surface area contributed by atoms with Crippen LogP contribution in [0.25, 0.3) is 10.1 Å². The highest BCUT2D eigenvalue weighted by Gasteiger charge is 2.09. The Morgan fingerprint density at radius 3 is 2.78 bits per heavy atom. The van der Waals surface area contributed by atoms with E-state index in [2.05, 4.69) is 38.1 Å². The van der Waals surface area contributed by atoms with Gasteiger partial charge in [-0.15, -0.1) is 23.7 Å². The van der Waals surface area contributed by atoms with Crippen molar-refractivity contribution in [2.24, 2.45) is 11.7 Å². The number of hydrogen-bond donors (Lipinski definition) is 2. The number of thiophene rings is 1. The van der Waals surface area contributed by atoms with Crippen LogP contribution in [0.15, 0.2) is 24.3 Å². The zero-order valence-corrected chi connectivity index (χ0v) is 12.3. The van der Waals surface area contributed by atoms with Gasteiger partial charge in [0.1, 0.15) is 5.84 Å². The first kappa shape index (κ1) is 15.0. The summed E-state index contributed by atoms with van der Waals surface area (Å²) in [6.45, 7) is 4.50. The van der Waals surface area contributed by atoms with Crippen LogP contribution in [0.2, 0.25) is 0 Å². The second-order valence-electron chi connectivity index (χ2n) is 4.57. The summed E-state index contributed by atoms with van der Waals surface area (Å²) in [5, 5.41) is 8.77. The third kappa shape index (κ3) is 3.03. The summed E-state index contributed by atoms with van der Waals surface area (Å²) in [6, 6.07) is 8.44. The predicted octanol–water partition coefficient (Wildman–Crippen LogP) is 4.20. The van der Waals surface area contributed by atoms with E-state index in [1.54, 1.807) is 11.3 Å². The fourth-order valence-electron chi connectivity index (χ4n) is 1.95. The fraction of sp³-hybridized carbons (Fsp3) is 0.357. The number of halogens is 1. The summed E-state index contributed by atoms with van der Waals surface area (Å²) in [7, 11) is 0. The zero-order chi connectivity index (χ0) is 12.4. The Labute approximate surface area is 118 Å². The van der Waals surface area contributed by atoms with Crippen molar-refractivity contribution >= 4 is 39.7 Å². The summed E-state index contributed by atoms with van der Waals surface area (Å²) >= 11 is 1.60. The average molecular weight is 283 g/mol. The number of nitrogens with two attached hydrogens (primary N) is 1. The Hall–Kier alpha value is -1.06. The van der Waals surface area contributed by atoms with Crippen molar-refractivity contribution < 1.29 is 0 Å². The van der Waals surface area contributed by atoms with E-state index < -0.39 is 0 Å². The lowest BCUT2D eigenvalue weighted by Gasteiger charge is -2.09. The maximum Gasteiger partial charge on any atom is 0.133 e. The smallest absolute Gasteiger partial charge is 0.133 e. The molecule has 0 saturated heterocycles. The molecule has 0 aliphatic carbocycles. The molecular formula is C14H19ClN2S. The number of benzene rings is 1. The molecule has 2 rings (SSSR count). The molecule has 1 aromatic carbocycles. The summed E-state index contributed by atoms with van der Waals surface area (Å²) < 4.78 is 1.23. The van der Waals surface area contributed by atoms with E-state index in [-0.39, 0.29) is 18.2 Å². The van der Waals surface area contributed by atoms with Crippen LogP contribution >= 0.6 is 23.7 Å². The minimum Gasteiger partial charge on any atom is -0.383 e. The maximum atomic E-state index is 7.50. The van der Waals surface area contributed by atoms with Crippen LogP contribution in [0.3, 0.4) is 0 Å². The van der Waals surface area contributed by atoms with Crippen LogP contribution < -0.4 is 5.73 Å². The third-order valence-electron chi connectivity index (χ3n) is 3.18. The van der Waals surface area contributed by atoms with Crippen molar-refractivity contribution in [1.82, 2.24) is 0 Å². The van der Waals surface area contributed by atoms with Gasteiger partial charge in [0.2, 0.25) is 0 Å². The molecule has 2 nitrogen and oxygen atoms in total. The van der Waals surface area contributed by atoms with Crippen molar-refractivity contribution in [2.75, 3.05) is 0 Å². The Morgan fingerprint density at radius 1 is 1.44 bits per heavy atom. The number of nitrogen functional groups attached to an aromatic ring is 1. The quantitative estimate of drug-likeness (QED) is 0.641. The second-order valence-corrected chi connectivity index (χ2v) is 5.65. The van der Waals surface area contributed by atoms with Gasteiger partial charge in [0.25, 0.3) is 0 Å². The third-order valence-corrected chi connectivity index (χ3v) is 4.32. The summed E-state index contributed by atoms with van der Waals surface area (Å²) in [4.78, 5) is 0.872. The first-order valence-electron chi connectivity index (χ1n) is 5.97. The zero-order valence-electron chi connectivity index (χ0n) is 10.7. The van der Waals surface area contributed by atoms with E-state index in [1.165, 1.54) is 22.1 Å². The Morgan fingerprint density at radius 2 is 2.17 bits per heavy atom. The topological polar surface area (TPSA) is 49.9 Å². The Balaban J connectivity index is 0.00000162. The number of amidine groups is 1. The number of nitrogens with one attached hydrogen (secondary N) is 1. The van der Waals surface area contributed by atoms with Crippen LogP contribution in [0.5, 0.6) is 0 Å². The molecule has 0 bridgehead atoms. The molecule has 0 amide bonds. The predicted molar refractivity (Wildman–Crippen MR) is 83.2 cm³/mol. The standard InChI is InChI=1S/C14H18N2S.ClH/c1-3-9(2)7-10-5-4-6-12-11(10)8-13(17-12)14(15)16;/h4-6,8-9H,3,7H2,1-2H3,(H3,15,16);1H/t9-;/m1./s1. The molecule has 0 radical (unpaired) electrons. The highest BCUT2D eigenvalue weighted by molar-refractivity contribution is 7.20. The largest absolute Gasteiger partial charge is 0.383 e. The number of hydrogen-bond acceptors (Lipinski definition) is 2. The minimum atomic E-state index is 0. The van der Waals surface area contributed by atoms with E-state index in [0.717, 1.165) is 11.3 Å². The van der Waals surface area contributed by atoms with Gasteiger partial charge in [0.05, 0.1) is 4.88 Å². The molecule has 98 valence electrons. The van der Waals surface area contributed by atoms with Gasteiger partial charge in [-0.25, -0.2) is 0 Å². The van der Waals surface area contributed by atoms with E-state index in [4.69, 9.17) is 11.1 Å². The van der Waals surface area contributed by atoms with Crippen molar-refractivity contribution in [3.8, 4) is 0 Å². The highest BCUT2D eigenvalue weighted by atomic mass is 35.5. The van der Waals surface area contributed by atoms with Crippen molar-refractivity contribution in [2.45, 2.75) is 26.7 Å². The molecule has 18 heavy (non-hydrogen) atoms.